The van der Waals surface area contributed by atoms with Crippen LogP contribution in [-0.2, 0) is 23.0 Å². The van der Waals surface area contributed by atoms with Crippen molar-refractivity contribution >= 4 is 27.7 Å². The first-order chi connectivity index (χ1) is 14.0. The van der Waals surface area contributed by atoms with Gasteiger partial charge in [-0.1, -0.05) is 25.0 Å². The molecule has 2 heterocycles. The molecular weight excluding hydrogens is 406 g/mol. The fraction of sp³-hybridized carbons (Fsp3) is 0.429. The largest absolute Gasteiger partial charge is 0.334 e. The minimum atomic E-state index is -3.52. The lowest BCUT2D eigenvalue weighted by Gasteiger charge is -2.30. The van der Waals surface area contributed by atoms with Crippen LogP contribution < -0.4 is 4.72 Å². The number of aromatic nitrogens is 1. The Hall–Kier alpha value is -1.90. The van der Waals surface area contributed by atoms with E-state index in [1.165, 1.54) is 32.7 Å². The summed E-state index contributed by atoms with van der Waals surface area (Å²) in [4.78, 5) is 19.9. The maximum atomic E-state index is 13.3. The van der Waals surface area contributed by atoms with E-state index in [2.05, 4.69) is 9.71 Å². The number of nitrogens with zero attached hydrogens (tertiary/aromatic N) is 2. The number of hydrogen-bond donors (Lipinski definition) is 1. The van der Waals surface area contributed by atoms with Crippen LogP contribution in [0.3, 0.4) is 0 Å². The van der Waals surface area contributed by atoms with Gasteiger partial charge in [0.15, 0.2) is 0 Å². The zero-order valence-corrected chi connectivity index (χ0v) is 18.1. The van der Waals surface area contributed by atoms with Crippen LogP contribution in [0.1, 0.15) is 47.2 Å². The van der Waals surface area contributed by atoms with Crippen LogP contribution in [0.5, 0.6) is 0 Å². The van der Waals surface area contributed by atoms with Crippen LogP contribution in [-0.4, -0.2) is 43.1 Å². The monoisotopic (exact) mass is 431 g/mol. The summed E-state index contributed by atoms with van der Waals surface area (Å²) >= 11 is 1.72. The molecule has 0 unspecified atom stereocenters. The van der Waals surface area contributed by atoms with Crippen molar-refractivity contribution in [2.24, 2.45) is 0 Å². The second-order valence-electron chi connectivity index (χ2n) is 7.46. The van der Waals surface area contributed by atoms with Gasteiger partial charge in [-0.3, -0.25) is 4.79 Å². The van der Waals surface area contributed by atoms with Gasteiger partial charge in [0.2, 0.25) is 10.0 Å². The van der Waals surface area contributed by atoms with Crippen LogP contribution in [0.15, 0.2) is 46.5 Å². The smallest absolute Gasteiger partial charge is 0.256 e. The number of fused-ring (bicyclic) bond motifs is 1. The quantitative estimate of drug-likeness (QED) is 0.786. The summed E-state index contributed by atoms with van der Waals surface area (Å²) in [6.07, 6.45) is 7.10. The predicted molar refractivity (Wildman–Crippen MR) is 113 cm³/mol. The molecule has 1 aliphatic carbocycles. The van der Waals surface area contributed by atoms with Crippen LogP contribution in [0.4, 0.5) is 0 Å². The van der Waals surface area contributed by atoms with Gasteiger partial charge in [-0.05, 0) is 55.6 Å². The Bertz CT molecular complexity index is 1020. The second kappa shape index (κ2) is 8.45. The van der Waals surface area contributed by atoms with Gasteiger partial charge in [-0.15, -0.1) is 11.8 Å². The summed E-state index contributed by atoms with van der Waals surface area (Å²) < 4.78 is 27.0. The van der Waals surface area contributed by atoms with Crippen LogP contribution in [0, 0.1) is 0 Å². The Morgan fingerprint density at radius 2 is 2.00 bits per heavy atom. The Kier molecular flexibility index (Phi) is 5.94. The minimum Gasteiger partial charge on any atom is -0.334 e. The molecule has 154 valence electrons. The van der Waals surface area contributed by atoms with E-state index < -0.39 is 10.0 Å². The topological polar surface area (TPSA) is 79.4 Å². The lowest BCUT2D eigenvalue weighted by molar-refractivity contribution is 0.0729. The molecule has 6 nitrogen and oxygen atoms in total. The molecule has 29 heavy (non-hydrogen) atoms. The molecule has 1 N–H and O–H groups in total. The van der Waals surface area contributed by atoms with Crippen molar-refractivity contribution in [2.75, 3.05) is 13.6 Å². The van der Waals surface area contributed by atoms with Crippen LogP contribution in [0.25, 0.3) is 0 Å². The van der Waals surface area contributed by atoms with Crippen molar-refractivity contribution in [3.8, 4) is 0 Å². The van der Waals surface area contributed by atoms with Crippen molar-refractivity contribution < 1.29 is 13.2 Å². The molecule has 0 spiro atoms. The molecule has 1 amide bonds. The summed E-state index contributed by atoms with van der Waals surface area (Å²) in [7, 11) is -2.10. The van der Waals surface area contributed by atoms with Gasteiger partial charge >= 0.3 is 0 Å². The van der Waals surface area contributed by atoms with Gasteiger partial charge in [0.05, 0.1) is 10.5 Å². The van der Waals surface area contributed by atoms with E-state index in [1.807, 2.05) is 12.1 Å². The SMILES string of the molecule is CNS(=O)(=O)c1cccc2c1CCN(C(=O)c1cccnc1SC1CCCC1)C2. The minimum absolute atomic E-state index is 0.0360. The number of pyridine rings is 1. The molecule has 2 aliphatic rings. The fourth-order valence-electron chi connectivity index (χ4n) is 4.09. The molecular formula is C21H25N3O3S2. The first kappa shape index (κ1) is 20.4. The zero-order chi connectivity index (χ0) is 20.4. The first-order valence-electron chi connectivity index (χ1n) is 9.95. The molecule has 1 aromatic heterocycles. The Morgan fingerprint density at radius 3 is 2.76 bits per heavy atom. The first-order valence-corrected chi connectivity index (χ1v) is 12.3. The third kappa shape index (κ3) is 4.20. The Balaban J connectivity index is 1.58. The van der Waals surface area contributed by atoms with Crippen LogP contribution >= 0.6 is 11.8 Å². The van der Waals surface area contributed by atoms with E-state index in [9.17, 15) is 13.2 Å². The molecule has 1 aromatic carbocycles. The van der Waals surface area contributed by atoms with Gasteiger partial charge in [-0.2, -0.15) is 0 Å². The highest BCUT2D eigenvalue weighted by molar-refractivity contribution is 8.00. The maximum absolute atomic E-state index is 13.3. The van der Waals surface area contributed by atoms with Crippen molar-refractivity contribution in [3.63, 3.8) is 0 Å². The molecule has 0 radical (unpaired) electrons. The van der Waals surface area contributed by atoms with E-state index in [4.69, 9.17) is 0 Å². The molecule has 0 bridgehead atoms. The highest BCUT2D eigenvalue weighted by Crippen LogP contribution is 2.36. The molecule has 0 atom stereocenters. The van der Waals surface area contributed by atoms with Gasteiger partial charge in [0.25, 0.3) is 5.91 Å². The van der Waals surface area contributed by atoms with Crippen molar-refractivity contribution in [1.29, 1.82) is 0 Å². The van der Waals surface area contributed by atoms with E-state index in [0.29, 0.717) is 35.2 Å². The number of carbonyl (C=O) groups excluding carboxylic acids is 1. The van der Waals surface area contributed by atoms with Crippen molar-refractivity contribution in [1.82, 2.24) is 14.6 Å². The number of amides is 1. The number of thioether (sulfide) groups is 1. The van der Waals surface area contributed by atoms with E-state index >= 15 is 0 Å². The van der Waals surface area contributed by atoms with Gasteiger partial charge in [0.1, 0.15) is 5.03 Å². The standard InChI is InChI=1S/C21H25N3O3S2/c1-22-29(26,27)19-10-4-6-15-14-24(13-11-17(15)19)21(25)18-9-5-12-23-20(18)28-16-7-2-3-8-16/h4-6,9-10,12,16,22H,2-3,7-8,11,13-14H2,1H3. The molecule has 1 fully saturated rings. The summed E-state index contributed by atoms with van der Waals surface area (Å²) in [5.74, 6) is -0.0360. The van der Waals surface area contributed by atoms with Gasteiger partial charge in [-0.25, -0.2) is 18.1 Å². The van der Waals surface area contributed by atoms with Gasteiger partial charge < -0.3 is 4.90 Å². The number of hydrogen-bond acceptors (Lipinski definition) is 5. The molecule has 8 heteroatoms. The zero-order valence-electron chi connectivity index (χ0n) is 16.4. The lowest BCUT2D eigenvalue weighted by Crippen LogP contribution is -2.37. The highest BCUT2D eigenvalue weighted by atomic mass is 32.2. The van der Waals surface area contributed by atoms with Crippen LogP contribution in [0.2, 0.25) is 0 Å². The summed E-state index contributed by atoms with van der Waals surface area (Å²) in [6, 6.07) is 8.93. The second-order valence-corrected chi connectivity index (χ2v) is 10.6. The predicted octanol–water partition coefficient (Wildman–Crippen LogP) is 3.22. The highest BCUT2D eigenvalue weighted by Gasteiger charge is 2.28. The third-order valence-corrected chi connectivity index (χ3v) is 8.50. The molecule has 2 aromatic rings. The third-order valence-electron chi connectivity index (χ3n) is 5.65. The lowest BCUT2D eigenvalue weighted by atomic mass is 9.99. The summed E-state index contributed by atoms with van der Waals surface area (Å²) in [5.41, 5.74) is 2.33. The van der Waals surface area contributed by atoms with E-state index in [0.717, 1.165) is 16.2 Å². The molecule has 4 rings (SSSR count). The number of benzene rings is 1. The molecule has 1 saturated carbocycles. The number of sulfonamides is 1. The Labute approximate surface area is 176 Å². The fourth-order valence-corrected chi connectivity index (χ4v) is 6.42. The maximum Gasteiger partial charge on any atom is 0.256 e. The van der Waals surface area contributed by atoms with Crippen molar-refractivity contribution in [2.45, 2.75) is 53.8 Å². The summed E-state index contributed by atoms with van der Waals surface area (Å²) in [6.45, 7) is 0.897. The Morgan fingerprint density at radius 1 is 1.21 bits per heavy atom. The average molecular weight is 432 g/mol. The molecule has 0 saturated heterocycles. The number of rotatable bonds is 5. The normalized spacial score (nSPS) is 17.3. The molecule has 1 aliphatic heterocycles. The van der Waals surface area contributed by atoms with Gasteiger partial charge in [0, 0.05) is 24.5 Å². The van der Waals surface area contributed by atoms with E-state index in [-0.39, 0.29) is 5.91 Å². The number of nitrogens with one attached hydrogen (secondary N) is 1. The van der Waals surface area contributed by atoms with Crippen molar-refractivity contribution in [3.05, 3.63) is 53.2 Å². The summed E-state index contributed by atoms with van der Waals surface area (Å²) in [5, 5.41) is 1.34. The number of carbonyl (C=O) groups is 1. The average Bonchev–Trinajstić information content (AvgIpc) is 3.26. The van der Waals surface area contributed by atoms with E-state index in [1.54, 1.807) is 41.1 Å².